The molecule has 0 aromatic heterocycles. The monoisotopic (exact) mass is 264 g/mol. The van der Waals surface area contributed by atoms with E-state index in [0.29, 0.717) is 18.0 Å². The lowest BCUT2D eigenvalue weighted by Crippen LogP contribution is -2.37. The molecule has 104 valence electrons. The molecule has 0 unspecified atom stereocenters. The highest BCUT2D eigenvalue weighted by Crippen LogP contribution is 2.16. The Morgan fingerprint density at radius 3 is 2.74 bits per heavy atom. The highest BCUT2D eigenvalue weighted by Gasteiger charge is 2.18. The summed E-state index contributed by atoms with van der Waals surface area (Å²) in [6, 6.07) is 6.89. The molecule has 0 atom stereocenters. The van der Waals surface area contributed by atoms with Gasteiger partial charge in [0, 0.05) is 25.3 Å². The molecule has 0 saturated heterocycles. The van der Waals surface area contributed by atoms with Crippen LogP contribution in [0.4, 0.5) is 5.69 Å². The first kappa shape index (κ1) is 15.0. The lowest BCUT2D eigenvalue weighted by Gasteiger charge is -2.16. The van der Waals surface area contributed by atoms with Gasteiger partial charge in [0.15, 0.2) is 0 Å². The molecule has 0 spiro atoms. The molecule has 0 radical (unpaired) electrons. The highest BCUT2D eigenvalue weighted by molar-refractivity contribution is 6.39. The van der Waals surface area contributed by atoms with Crippen LogP contribution in [0.25, 0.3) is 0 Å². The average Bonchev–Trinajstić information content (AvgIpc) is 2.43. The SMILES string of the molecule is CCCCN(C)C(=O)C(=O)Nc1cccc(OC)c1. The predicted octanol–water partition coefficient (Wildman–Crippen LogP) is 1.89. The number of ether oxygens (including phenoxy) is 1. The summed E-state index contributed by atoms with van der Waals surface area (Å²) in [5.74, 6) is -0.535. The largest absolute Gasteiger partial charge is 0.497 e. The topological polar surface area (TPSA) is 58.6 Å². The standard InChI is InChI=1S/C14H20N2O3/c1-4-5-9-16(2)14(18)13(17)15-11-7-6-8-12(10-11)19-3/h6-8,10H,4-5,9H2,1-3H3,(H,15,17). The first-order valence-electron chi connectivity index (χ1n) is 6.29. The number of anilines is 1. The van der Waals surface area contributed by atoms with Gasteiger partial charge in [-0.15, -0.1) is 0 Å². The predicted molar refractivity (Wildman–Crippen MR) is 74.2 cm³/mol. The van der Waals surface area contributed by atoms with Crippen LogP contribution in [0.15, 0.2) is 24.3 Å². The molecule has 5 nitrogen and oxygen atoms in total. The van der Waals surface area contributed by atoms with Crippen LogP contribution in [-0.4, -0.2) is 37.4 Å². The van der Waals surface area contributed by atoms with Crippen molar-refractivity contribution in [3.05, 3.63) is 24.3 Å². The van der Waals surface area contributed by atoms with Gasteiger partial charge in [-0.25, -0.2) is 0 Å². The quantitative estimate of drug-likeness (QED) is 0.826. The molecule has 0 bridgehead atoms. The lowest BCUT2D eigenvalue weighted by atomic mass is 10.3. The summed E-state index contributed by atoms with van der Waals surface area (Å²) in [5, 5.41) is 2.56. The summed E-state index contributed by atoms with van der Waals surface area (Å²) >= 11 is 0. The van der Waals surface area contributed by atoms with E-state index in [1.165, 1.54) is 4.90 Å². The molecule has 0 fully saturated rings. The lowest BCUT2D eigenvalue weighted by molar-refractivity contribution is -0.142. The Morgan fingerprint density at radius 2 is 2.11 bits per heavy atom. The summed E-state index contributed by atoms with van der Waals surface area (Å²) in [6.45, 7) is 2.62. The van der Waals surface area contributed by atoms with Crippen LogP contribution in [0.2, 0.25) is 0 Å². The molecule has 1 aromatic rings. The summed E-state index contributed by atoms with van der Waals surface area (Å²) in [7, 11) is 3.17. The maximum atomic E-state index is 11.8. The number of amides is 2. The maximum absolute atomic E-state index is 11.8. The summed E-state index contributed by atoms with van der Waals surface area (Å²) in [5.41, 5.74) is 0.543. The van der Waals surface area contributed by atoms with Gasteiger partial charge in [0.2, 0.25) is 0 Å². The van der Waals surface area contributed by atoms with Crippen LogP contribution in [0, 0.1) is 0 Å². The number of carbonyl (C=O) groups excluding carboxylic acids is 2. The van der Waals surface area contributed by atoms with Crippen LogP contribution < -0.4 is 10.1 Å². The minimum Gasteiger partial charge on any atom is -0.497 e. The van der Waals surface area contributed by atoms with E-state index < -0.39 is 11.8 Å². The number of benzene rings is 1. The number of nitrogens with one attached hydrogen (secondary N) is 1. The molecular formula is C14H20N2O3. The Labute approximate surface area is 113 Å². The molecule has 19 heavy (non-hydrogen) atoms. The molecule has 2 amide bonds. The molecule has 0 saturated carbocycles. The van der Waals surface area contributed by atoms with Gasteiger partial charge in [-0.1, -0.05) is 19.4 Å². The fraction of sp³-hybridized carbons (Fsp3) is 0.429. The van der Waals surface area contributed by atoms with Crippen LogP contribution in [0.3, 0.4) is 0 Å². The Hall–Kier alpha value is -2.04. The molecule has 0 aliphatic rings. The van der Waals surface area contributed by atoms with E-state index in [0.717, 1.165) is 12.8 Å². The van der Waals surface area contributed by atoms with Crippen LogP contribution >= 0.6 is 0 Å². The van der Waals surface area contributed by atoms with E-state index in [-0.39, 0.29) is 0 Å². The van der Waals surface area contributed by atoms with Gasteiger partial charge in [0.05, 0.1) is 7.11 Å². The van der Waals surface area contributed by atoms with Crippen molar-refractivity contribution >= 4 is 17.5 Å². The average molecular weight is 264 g/mol. The first-order valence-corrected chi connectivity index (χ1v) is 6.29. The molecular weight excluding hydrogens is 244 g/mol. The van der Waals surface area contributed by atoms with Crippen molar-refractivity contribution in [1.82, 2.24) is 4.90 Å². The third kappa shape index (κ3) is 4.62. The van der Waals surface area contributed by atoms with E-state index in [2.05, 4.69) is 5.32 Å². The summed E-state index contributed by atoms with van der Waals surface area (Å²) in [6.07, 6.45) is 1.86. The second kappa shape index (κ2) is 7.41. The van der Waals surface area contributed by atoms with Gasteiger partial charge in [-0.3, -0.25) is 9.59 Å². The van der Waals surface area contributed by atoms with Gasteiger partial charge >= 0.3 is 11.8 Å². The summed E-state index contributed by atoms with van der Waals surface area (Å²) in [4.78, 5) is 25.0. The van der Waals surface area contributed by atoms with Crippen molar-refractivity contribution in [2.45, 2.75) is 19.8 Å². The molecule has 0 aliphatic heterocycles. The third-order valence-electron chi connectivity index (χ3n) is 2.72. The number of likely N-dealkylation sites (N-methyl/N-ethyl adjacent to an activating group) is 1. The first-order chi connectivity index (χ1) is 9.08. The van der Waals surface area contributed by atoms with Gasteiger partial charge in [-0.2, -0.15) is 0 Å². The highest BCUT2D eigenvalue weighted by atomic mass is 16.5. The van der Waals surface area contributed by atoms with E-state index in [1.807, 2.05) is 6.92 Å². The fourth-order valence-corrected chi connectivity index (χ4v) is 1.56. The maximum Gasteiger partial charge on any atom is 0.313 e. The zero-order valence-electron chi connectivity index (χ0n) is 11.6. The van der Waals surface area contributed by atoms with Crippen molar-refractivity contribution in [2.75, 3.05) is 26.0 Å². The van der Waals surface area contributed by atoms with Gasteiger partial charge < -0.3 is 15.0 Å². The number of carbonyl (C=O) groups is 2. The zero-order chi connectivity index (χ0) is 14.3. The van der Waals surface area contributed by atoms with Crippen molar-refractivity contribution in [3.8, 4) is 5.75 Å². The molecule has 1 N–H and O–H groups in total. The molecule has 0 aliphatic carbocycles. The van der Waals surface area contributed by atoms with E-state index in [4.69, 9.17) is 4.74 Å². The van der Waals surface area contributed by atoms with Crippen LogP contribution in [0.1, 0.15) is 19.8 Å². The fourth-order valence-electron chi connectivity index (χ4n) is 1.56. The second-order valence-corrected chi connectivity index (χ2v) is 4.27. The van der Waals surface area contributed by atoms with Gasteiger partial charge in [-0.05, 0) is 18.6 Å². The number of rotatable bonds is 5. The Morgan fingerprint density at radius 1 is 1.37 bits per heavy atom. The number of hydrogen-bond acceptors (Lipinski definition) is 3. The number of hydrogen-bond donors (Lipinski definition) is 1. The van der Waals surface area contributed by atoms with Gasteiger partial charge in [0.1, 0.15) is 5.75 Å². The number of methoxy groups -OCH3 is 1. The summed E-state index contributed by atoms with van der Waals surface area (Å²) < 4.78 is 5.05. The van der Waals surface area contributed by atoms with E-state index in [9.17, 15) is 9.59 Å². The Kier molecular flexibility index (Phi) is 5.85. The molecule has 0 heterocycles. The van der Waals surface area contributed by atoms with E-state index in [1.54, 1.807) is 38.4 Å². The Balaban J connectivity index is 2.60. The van der Waals surface area contributed by atoms with Gasteiger partial charge in [0.25, 0.3) is 0 Å². The van der Waals surface area contributed by atoms with Crippen molar-refractivity contribution < 1.29 is 14.3 Å². The molecule has 1 aromatic carbocycles. The van der Waals surface area contributed by atoms with Crippen molar-refractivity contribution in [3.63, 3.8) is 0 Å². The zero-order valence-corrected chi connectivity index (χ0v) is 11.6. The Bertz CT molecular complexity index is 446. The minimum absolute atomic E-state index is 0.531. The minimum atomic E-state index is -0.633. The molecule has 5 heteroatoms. The van der Waals surface area contributed by atoms with E-state index >= 15 is 0 Å². The number of nitrogens with zero attached hydrogens (tertiary/aromatic N) is 1. The molecule has 1 rings (SSSR count). The van der Waals surface area contributed by atoms with Crippen LogP contribution in [-0.2, 0) is 9.59 Å². The third-order valence-corrected chi connectivity index (χ3v) is 2.72. The smallest absolute Gasteiger partial charge is 0.313 e. The number of unbranched alkanes of at least 4 members (excludes halogenated alkanes) is 1. The second-order valence-electron chi connectivity index (χ2n) is 4.27. The van der Waals surface area contributed by atoms with Crippen molar-refractivity contribution in [1.29, 1.82) is 0 Å². The van der Waals surface area contributed by atoms with Crippen LogP contribution in [0.5, 0.6) is 5.75 Å². The normalized spacial score (nSPS) is 9.84. The van der Waals surface area contributed by atoms with Crippen molar-refractivity contribution in [2.24, 2.45) is 0 Å².